The smallest absolute Gasteiger partial charge is 0.161 e. The van der Waals surface area contributed by atoms with Crippen LogP contribution in [0.1, 0.15) is 40.5 Å². The molecule has 0 amide bonds. The summed E-state index contributed by atoms with van der Waals surface area (Å²) in [5, 5.41) is 22.4. The Morgan fingerprint density at radius 1 is 1.36 bits per heavy atom. The highest BCUT2D eigenvalue weighted by molar-refractivity contribution is 8.03. The number of allylic oxidation sites excluding steroid dienone is 3. The Kier molecular flexibility index (Phi) is 4.68. The summed E-state index contributed by atoms with van der Waals surface area (Å²) in [6.45, 7) is 8.26. The van der Waals surface area contributed by atoms with Crippen molar-refractivity contribution in [2.75, 3.05) is 5.75 Å². The highest BCUT2D eigenvalue weighted by Crippen LogP contribution is 2.46. The summed E-state index contributed by atoms with van der Waals surface area (Å²) in [4.78, 5) is 12.7. The second-order valence-corrected chi connectivity index (χ2v) is 7.97. The van der Waals surface area contributed by atoms with Crippen LogP contribution in [0.4, 0.5) is 0 Å². The van der Waals surface area contributed by atoms with Gasteiger partial charge in [0.1, 0.15) is 0 Å². The molecule has 22 heavy (non-hydrogen) atoms. The Morgan fingerprint density at radius 2 is 2.05 bits per heavy atom. The summed E-state index contributed by atoms with van der Waals surface area (Å²) < 4.78 is 0. The number of hydrogen-bond acceptors (Lipinski definition) is 5. The van der Waals surface area contributed by atoms with E-state index >= 15 is 0 Å². The van der Waals surface area contributed by atoms with Crippen molar-refractivity contribution in [3.8, 4) is 12.1 Å². The number of nitrogens with one attached hydrogen (secondary N) is 1. The van der Waals surface area contributed by atoms with Crippen molar-refractivity contribution >= 4 is 17.5 Å². The van der Waals surface area contributed by atoms with E-state index in [0.29, 0.717) is 12.0 Å². The number of ketones is 1. The molecule has 0 fully saturated rings. The van der Waals surface area contributed by atoms with E-state index in [1.807, 2.05) is 13.8 Å². The molecule has 1 atom stereocenters. The number of carbonyl (C=O) groups is 1. The molecular formula is C17H21N3OS. The van der Waals surface area contributed by atoms with Crippen molar-refractivity contribution in [3.63, 3.8) is 0 Å². The lowest BCUT2D eigenvalue weighted by molar-refractivity contribution is -0.118. The van der Waals surface area contributed by atoms with Crippen molar-refractivity contribution < 1.29 is 4.79 Å². The lowest BCUT2D eigenvalue weighted by Crippen LogP contribution is -2.39. The summed E-state index contributed by atoms with van der Waals surface area (Å²) in [6, 6.07) is 4.37. The lowest BCUT2D eigenvalue weighted by atomic mass is 9.68. The number of hydrogen-bond donors (Lipinski definition) is 1. The van der Waals surface area contributed by atoms with E-state index in [1.165, 1.54) is 11.8 Å². The minimum absolute atomic E-state index is 0.0698. The topological polar surface area (TPSA) is 76.7 Å². The standard InChI is InChI=1S/C17H21N3OS/c1-10(2)14-11(9-19)16(22-6-5-18)20-12-7-17(3,4)8-13(21)15(12)14/h10,14,20H,6-8H2,1-4H3/t14-/m1/s1. The Hall–Kier alpha value is -1.72. The van der Waals surface area contributed by atoms with Crippen molar-refractivity contribution in [2.45, 2.75) is 40.5 Å². The van der Waals surface area contributed by atoms with Crippen molar-refractivity contribution in [3.05, 3.63) is 21.9 Å². The maximum atomic E-state index is 12.7. The van der Waals surface area contributed by atoms with E-state index in [9.17, 15) is 10.1 Å². The summed E-state index contributed by atoms with van der Waals surface area (Å²) in [5.41, 5.74) is 2.26. The van der Waals surface area contributed by atoms with Gasteiger partial charge in [0.05, 0.1) is 28.5 Å². The number of thioether (sulfide) groups is 1. The number of rotatable bonds is 3. The largest absolute Gasteiger partial charge is 0.352 e. The van der Waals surface area contributed by atoms with Gasteiger partial charge in [-0.25, -0.2) is 0 Å². The molecule has 2 rings (SSSR count). The summed E-state index contributed by atoms with van der Waals surface area (Å²) in [7, 11) is 0. The molecule has 0 saturated carbocycles. The quantitative estimate of drug-likeness (QED) is 0.862. The molecule has 116 valence electrons. The van der Waals surface area contributed by atoms with Crippen LogP contribution in [0.25, 0.3) is 0 Å². The van der Waals surface area contributed by atoms with Crippen LogP contribution in [0.3, 0.4) is 0 Å². The fourth-order valence-corrected chi connectivity index (χ4v) is 4.03. The van der Waals surface area contributed by atoms with E-state index in [4.69, 9.17) is 5.26 Å². The normalized spacial score (nSPS) is 23.8. The molecule has 4 nitrogen and oxygen atoms in total. The maximum Gasteiger partial charge on any atom is 0.161 e. The number of dihydropyridines is 1. The highest BCUT2D eigenvalue weighted by atomic mass is 32.2. The molecule has 1 aliphatic carbocycles. The van der Waals surface area contributed by atoms with Gasteiger partial charge in [-0.15, -0.1) is 0 Å². The van der Waals surface area contributed by atoms with Gasteiger partial charge in [0.25, 0.3) is 0 Å². The van der Waals surface area contributed by atoms with E-state index in [1.54, 1.807) is 0 Å². The molecule has 2 aliphatic rings. The Labute approximate surface area is 136 Å². The van der Waals surface area contributed by atoms with Gasteiger partial charge in [0, 0.05) is 23.6 Å². The molecule has 0 radical (unpaired) electrons. The van der Waals surface area contributed by atoms with Gasteiger partial charge in [-0.3, -0.25) is 4.79 Å². The van der Waals surface area contributed by atoms with Gasteiger partial charge >= 0.3 is 0 Å². The Bertz CT molecular complexity index is 644. The fourth-order valence-electron chi connectivity index (χ4n) is 3.30. The zero-order valence-corrected chi connectivity index (χ0v) is 14.3. The van der Waals surface area contributed by atoms with Crippen molar-refractivity contribution in [1.29, 1.82) is 10.5 Å². The highest BCUT2D eigenvalue weighted by Gasteiger charge is 2.42. The molecule has 0 aromatic heterocycles. The minimum Gasteiger partial charge on any atom is -0.352 e. The number of nitrogens with zero attached hydrogens (tertiary/aromatic N) is 2. The number of nitriles is 2. The van der Waals surface area contributed by atoms with Crippen LogP contribution in [0.5, 0.6) is 0 Å². The monoisotopic (exact) mass is 315 g/mol. The van der Waals surface area contributed by atoms with Crippen molar-refractivity contribution in [2.24, 2.45) is 17.3 Å². The minimum atomic E-state index is -0.161. The predicted molar refractivity (Wildman–Crippen MR) is 87.2 cm³/mol. The Balaban J connectivity index is 2.51. The maximum absolute atomic E-state index is 12.7. The molecule has 0 spiro atoms. The van der Waals surface area contributed by atoms with Gasteiger partial charge < -0.3 is 5.32 Å². The first-order valence-corrected chi connectivity index (χ1v) is 8.46. The third-order valence-corrected chi connectivity index (χ3v) is 5.00. The van der Waals surface area contributed by atoms with Gasteiger partial charge in [0.15, 0.2) is 5.78 Å². The molecule has 0 bridgehead atoms. The lowest BCUT2D eigenvalue weighted by Gasteiger charge is -2.39. The average Bonchev–Trinajstić information content (AvgIpc) is 2.41. The van der Waals surface area contributed by atoms with Crippen LogP contribution in [-0.4, -0.2) is 11.5 Å². The second-order valence-electron chi connectivity index (χ2n) is 6.98. The van der Waals surface area contributed by atoms with Crippen LogP contribution in [0.15, 0.2) is 21.9 Å². The van der Waals surface area contributed by atoms with Gasteiger partial charge in [-0.05, 0) is 17.8 Å². The molecule has 5 heteroatoms. The molecular weight excluding hydrogens is 294 g/mol. The van der Waals surface area contributed by atoms with Gasteiger partial charge in [-0.1, -0.05) is 39.5 Å². The zero-order chi connectivity index (χ0) is 16.5. The van der Waals surface area contributed by atoms with E-state index in [0.717, 1.165) is 22.7 Å². The molecule has 0 saturated heterocycles. The molecule has 0 aromatic rings. The van der Waals surface area contributed by atoms with Crippen LogP contribution in [0.2, 0.25) is 0 Å². The number of carbonyl (C=O) groups excluding carboxylic acids is 1. The third-order valence-electron chi connectivity index (χ3n) is 4.12. The molecule has 1 aliphatic heterocycles. The van der Waals surface area contributed by atoms with Crippen molar-refractivity contribution in [1.82, 2.24) is 5.32 Å². The first kappa shape index (κ1) is 16.6. The van der Waals surface area contributed by atoms with E-state index in [-0.39, 0.29) is 28.8 Å². The van der Waals surface area contributed by atoms with Crippen LogP contribution in [-0.2, 0) is 4.79 Å². The van der Waals surface area contributed by atoms with E-state index in [2.05, 4.69) is 31.3 Å². The molecule has 1 heterocycles. The summed E-state index contributed by atoms with van der Waals surface area (Å²) in [5.74, 6) is 0.448. The molecule has 0 unspecified atom stereocenters. The van der Waals surface area contributed by atoms with Crippen LogP contribution < -0.4 is 5.32 Å². The summed E-state index contributed by atoms with van der Waals surface area (Å²) >= 11 is 1.35. The Morgan fingerprint density at radius 3 is 2.59 bits per heavy atom. The summed E-state index contributed by atoms with van der Waals surface area (Å²) in [6.07, 6.45) is 1.32. The molecule has 0 aromatic carbocycles. The first-order chi connectivity index (χ1) is 10.3. The second kappa shape index (κ2) is 6.18. The van der Waals surface area contributed by atoms with Crippen LogP contribution in [0, 0.1) is 39.9 Å². The van der Waals surface area contributed by atoms with Crippen LogP contribution >= 0.6 is 11.8 Å². The van der Waals surface area contributed by atoms with E-state index < -0.39 is 0 Å². The van der Waals surface area contributed by atoms with Gasteiger partial charge in [-0.2, -0.15) is 10.5 Å². The first-order valence-electron chi connectivity index (χ1n) is 7.48. The predicted octanol–water partition coefficient (Wildman–Crippen LogP) is 3.50. The third kappa shape index (κ3) is 3.05. The fraction of sp³-hybridized carbons (Fsp3) is 0.588. The SMILES string of the molecule is CC(C)[C@@H]1C(C#N)=C(SCC#N)NC2=C1C(=O)CC(C)(C)C2. The zero-order valence-electron chi connectivity index (χ0n) is 13.5. The van der Waals surface area contributed by atoms with Gasteiger partial charge in [0.2, 0.25) is 0 Å². The number of Topliss-reactive ketones (excluding diaryl/α,β-unsaturated/α-hetero) is 1. The molecule has 1 N–H and O–H groups in total. The average molecular weight is 315 g/mol.